The molecule has 1 saturated heterocycles. The van der Waals surface area contributed by atoms with Gasteiger partial charge in [-0.3, -0.25) is 0 Å². The third-order valence-corrected chi connectivity index (χ3v) is 2.10. The van der Waals surface area contributed by atoms with E-state index in [9.17, 15) is 4.79 Å². The van der Waals surface area contributed by atoms with Crippen LogP contribution >= 0.6 is 0 Å². The van der Waals surface area contributed by atoms with Gasteiger partial charge in [-0.2, -0.15) is 0 Å². The van der Waals surface area contributed by atoms with E-state index in [0.717, 1.165) is 13.1 Å². The van der Waals surface area contributed by atoms with Crippen LogP contribution in [-0.2, 0) is 4.74 Å². The lowest BCUT2D eigenvalue weighted by molar-refractivity contribution is 0.00455. The maximum absolute atomic E-state index is 11.5. The van der Waals surface area contributed by atoms with Crippen molar-refractivity contribution in [3.8, 4) is 0 Å². The zero-order chi connectivity index (χ0) is 11.6. The molecule has 4 nitrogen and oxygen atoms in total. The number of carbonyl (C=O) groups excluding carboxylic acids is 1. The summed E-state index contributed by atoms with van der Waals surface area (Å²) in [4.78, 5) is 13.3. The summed E-state index contributed by atoms with van der Waals surface area (Å²) in [5.41, 5.74) is -0.395. The predicted octanol–water partition coefficient (Wildman–Crippen LogP) is 1.60. The normalized spacial score (nSPS) is 17.9. The first-order valence-electron chi connectivity index (χ1n) is 5.52. The quantitative estimate of drug-likeness (QED) is 0.759. The molecule has 0 spiro atoms. The van der Waals surface area contributed by atoms with Crippen LogP contribution in [0.1, 0.15) is 34.6 Å². The van der Waals surface area contributed by atoms with E-state index in [2.05, 4.69) is 19.2 Å². The van der Waals surface area contributed by atoms with E-state index in [4.69, 9.17) is 4.74 Å². The van der Waals surface area contributed by atoms with Crippen molar-refractivity contribution in [2.75, 3.05) is 13.1 Å². The highest BCUT2D eigenvalue weighted by molar-refractivity contribution is 5.69. The molecule has 88 valence electrons. The average molecular weight is 214 g/mol. The Hall–Kier alpha value is -0.770. The lowest BCUT2D eigenvalue weighted by atomic mass is 10.1. The zero-order valence-electron chi connectivity index (χ0n) is 10.3. The van der Waals surface area contributed by atoms with Gasteiger partial charge in [0, 0.05) is 25.2 Å². The molecule has 15 heavy (non-hydrogen) atoms. The third kappa shape index (κ3) is 4.08. The van der Waals surface area contributed by atoms with Crippen molar-refractivity contribution in [3.63, 3.8) is 0 Å². The van der Waals surface area contributed by atoms with E-state index < -0.39 is 5.60 Å². The van der Waals surface area contributed by atoms with Crippen molar-refractivity contribution in [1.29, 1.82) is 0 Å². The highest BCUT2D eigenvalue weighted by Crippen LogP contribution is 2.15. The SMILES string of the molecule is CC(C)NC1CN(C(=O)OC(C)(C)C)C1. The summed E-state index contributed by atoms with van der Waals surface area (Å²) in [5, 5.41) is 3.38. The Morgan fingerprint density at radius 3 is 2.33 bits per heavy atom. The number of hydrogen-bond acceptors (Lipinski definition) is 3. The van der Waals surface area contributed by atoms with Crippen LogP contribution in [0.2, 0.25) is 0 Å². The first-order valence-corrected chi connectivity index (χ1v) is 5.52. The minimum atomic E-state index is -0.395. The van der Waals surface area contributed by atoms with Crippen molar-refractivity contribution >= 4 is 6.09 Å². The van der Waals surface area contributed by atoms with Crippen LogP contribution in [0.25, 0.3) is 0 Å². The summed E-state index contributed by atoms with van der Waals surface area (Å²) >= 11 is 0. The van der Waals surface area contributed by atoms with E-state index in [-0.39, 0.29) is 6.09 Å². The minimum Gasteiger partial charge on any atom is -0.444 e. The van der Waals surface area contributed by atoms with Gasteiger partial charge in [-0.25, -0.2) is 4.79 Å². The molecular formula is C11H22N2O2. The lowest BCUT2D eigenvalue weighted by Gasteiger charge is -2.41. The topological polar surface area (TPSA) is 41.6 Å². The Labute approximate surface area is 92.0 Å². The van der Waals surface area contributed by atoms with Gasteiger partial charge in [0.25, 0.3) is 0 Å². The fourth-order valence-electron chi connectivity index (χ4n) is 1.53. The molecule has 1 fully saturated rings. The smallest absolute Gasteiger partial charge is 0.410 e. The van der Waals surface area contributed by atoms with Gasteiger partial charge in [-0.1, -0.05) is 13.8 Å². The van der Waals surface area contributed by atoms with Gasteiger partial charge in [0.15, 0.2) is 0 Å². The molecule has 0 aromatic heterocycles. The van der Waals surface area contributed by atoms with Gasteiger partial charge >= 0.3 is 6.09 Å². The fraction of sp³-hybridized carbons (Fsp3) is 0.909. The number of carbonyl (C=O) groups is 1. The summed E-state index contributed by atoms with van der Waals surface area (Å²) in [6, 6.07) is 0.897. The van der Waals surface area contributed by atoms with Crippen LogP contribution in [-0.4, -0.2) is 41.8 Å². The molecule has 0 aliphatic carbocycles. The number of nitrogens with zero attached hydrogens (tertiary/aromatic N) is 1. The molecule has 0 radical (unpaired) electrons. The molecule has 0 bridgehead atoms. The van der Waals surface area contributed by atoms with Crippen molar-refractivity contribution in [2.45, 2.75) is 52.3 Å². The molecular weight excluding hydrogens is 192 g/mol. The summed E-state index contributed by atoms with van der Waals surface area (Å²) in [7, 11) is 0. The summed E-state index contributed by atoms with van der Waals surface area (Å²) < 4.78 is 5.25. The maximum atomic E-state index is 11.5. The molecule has 1 rings (SSSR count). The number of ether oxygens (including phenoxy) is 1. The van der Waals surface area contributed by atoms with Gasteiger partial charge in [-0.15, -0.1) is 0 Å². The Kier molecular flexibility index (Phi) is 3.60. The maximum Gasteiger partial charge on any atom is 0.410 e. The van der Waals surface area contributed by atoms with E-state index >= 15 is 0 Å². The Morgan fingerprint density at radius 1 is 1.40 bits per heavy atom. The number of likely N-dealkylation sites (tertiary alicyclic amines) is 1. The molecule has 1 aliphatic heterocycles. The summed E-state index contributed by atoms with van der Waals surface area (Å²) in [6.07, 6.45) is -0.204. The molecule has 1 heterocycles. The van der Waals surface area contributed by atoms with Gasteiger partial charge in [0.05, 0.1) is 0 Å². The molecule has 1 amide bonds. The third-order valence-electron chi connectivity index (χ3n) is 2.10. The van der Waals surface area contributed by atoms with Crippen molar-refractivity contribution < 1.29 is 9.53 Å². The van der Waals surface area contributed by atoms with Gasteiger partial charge in [-0.05, 0) is 20.8 Å². The van der Waals surface area contributed by atoms with E-state index in [1.54, 1.807) is 4.90 Å². The van der Waals surface area contributed by atoms with Crippen molar-refractivity contribution in [2.24, 2.45) is 0 Å². The van der Waals surface area contributed by atoms with E-state index in [1.165, 1.54) is 0 Å². The predicted molar refractivity (Wildman–Crippen MR) is 59.9 cm³/mol. The van der Waals surface area contributed by atoms with Crippen LogP contribution in [0.3, 0.4) is 0 Å². The molecule has 0 aromatic carbocycles. The van der Waals surface area contributed by atoms with Crippen LogP contribution in [0, 0.1) is 0 Å². The molecule has 0 saturated carbocycles. The lowest BCUT2D eigenvalue weighted by Crippen LogP contribution is -2.61. The Bertz CT molecular complexity index is 227. The fourth-order valence-corrected chi connectivity index (χ4v) is 1.53. The second kappa shape index (κ2) is 4.39. The molecule has 0 atom stereocenters. The van der Waals surface area contributed by atoms with E-state index in [0.29, 0.717) is 12.1 Å². The Morgan fingerprint density at radius 2 is 1.93 bits per heavy atom. The zero-order valence-corrected chi connectivity index (χ0v) is 10.3. The number of nitrogens with one attached hydrogen (secondary N) is 1. The standard InChI is InChI=1S/C11H22N2O2/c1-8(2)12-9-6-13(7-9)10(14)15-11(3,4)5/h8-9,12H,6-7H2,1-5H3. The molecule has 0 aromatic rings. The molecule has 4 heteroatoms. The van der Waals surface area contributed by atoms with Crippen LogP contribution < -0.4 is 5.32 Å². The monoisotopic (exact) mass is 214 g/mol. The molecule has 1 N–H and O–H groups in total. The first-order chi connectivity index (χ1) is 6.78. The van der Waals surface area contributed by atoms with Gasteiger partial charge < -0.3 is 15.0 Å². The minimum absolute atomic E-state index is 0.204. The second-order valence-electron chi connectivity index (χ2n) is 5.40. The van der Waals surface area contributed by atoms with Crippen molar-refractivity contribution in [1.82, 2.24) is 10.2 Å². The van der Waals surface area contributed by atoms with Crippen LogP contribution in [0.5, 0.6) is 0 Å². The van der Waals surface area contributed by atoms with Crippen molar-refractivity contribution in [3.05, 3.63) is 0 Å². The van der Waals surface area contributed by atoms with Crippen LogP contribution in [0.15, 0.2) is 0 Å². The summed E-state index contributed by atoms with van der Waals surface area (Å²) in [6.45, 7) is 11.4. The second-order valence-corrected chi connectivity index (χ2v) is 5.40. The molecule has 1 aliphatic rings. The number of rotatable bonds is 2. The van der Waals surface area contributed by atoms with Crippen LogP contribution in [0.4, 0.5) is 4.79 Å². The average Bonchev–Trinajstić information content (AvgIpc) is 1.91. The van der Waals surface area contributed by atoms with Gasteiger partial charge in [0.1, 0.15) is 5.60 Å². The first kappa shape index (κ1) is 12.3. The number of amides is 1. The Balaban J connectivity index is 2.24. The van der Waals surface area contributed by atoms with Gasteiger partial charge in [0.2, 0.25) is 0 Å². The molecule has 0 unspecified atom stereocenters. The van der Waals surface area contributed by atoms with E-state index in [1.807, 2.05) is 20.8 Å². The summed E-state index contributed by atoms with van der Waals surface area (Å²) in [5.74, 6) is 0. The highest BCUT2D eigenvalue weighted by Gasteiger charge is 2.33. The highest BCUT2D eigenvalue weighted by atomic mass is 16.6. The number of hydrogen-bond donors (Lipinski definition) is 1. The largest absolute Gasteiger partial charge is 0.444 e.